The third kappa shape index (κ3) is 4.99. The number of methoxy groups -OCH3 is 1. The summed E-state index contributed by atoms with van der Waals surface area (Å²) in [6.07, 6.45) is -0.982. The zero-order valence-electron chi connectivity index (χ0n) is 17.3. The molecule has 30 heavy (non-hydrogen) atoms. The number of nitrogens with one attached hydrogen (secondary N) is 1. The molecule has 1 N–H and O–H groups in total. The molecule has 1 atom stereocenters. The van der Waals surface area contributed by atoms with E-state index in [0.717, 1.165) is 16.7 Å². The first-order valence-electron chi connectivity index (χ1n) is 9.73. The van der Waals surface area contributed by atoms with Crippen LogP contribution in [0.15, 0.2) is 52.9 Å². The second-order valence-corrected chi connectivity index (χ2v) is 6.66. The summed E-state index contributed by atoms with van der Waals surface area (Å²) in [7, 11) is 1.59. The summed E-state index contributed by atoms with van der Waals surface area (Å²) in [5.74, 6) is -0.310. The quantitative estimate of drug-likeness (QED) is 0.539. The van der Waals surface area contributed by atoms with E-state index in [4.69, 9.17) is 18.6 Å². The monoisotopic (exact) mass is 411 g/mol. The van der Waals surface area contributed by atoms with Crippen LogP contribution < -0.4 is 10.1 Å². The highest BCUT2D eigenvalue weighted by Gasteiger charge is 2.25. The van der Waals surface area contributed by atoms with E-state index in [-0.39, 0.29) is 12.4 Å². The van der Waals surface area contributed by atoms with Gasteiger partial charge >= 0.3 is 5.97 Å². The van der Waals surface area contributed by atoms with Gasteiger partial charge in [0.1, 0.15) is 11.3 Å². The van der Waals surface area contributed by atoms with Crippen LogP contribution in [0.4, 0.5) is 0 Å². The average Bonchev–Trinajstić information content (AvgIpc) is 3.15. The number of ether oxygens (including phenoxy) is 3. The van der Waals surface area contributed by atoms with Crippen LogP contribution in [-0.4, -0.2) is 31.7 Å². The van der Waals surface area contributed by atoms with E-state index < -0.39 is 18.0 Å². The van der Waals surface area contributed by atoms with Crippen molar-refractivity contribution in [3.63, 3.8) is 0 Å². The highest BCUT2D eigenvalue weighted by molar-refractivity contribution is 5.97. The van der Waals surface area contributed by atoms with Gasteiger partial charge < -0.3 is 23.9 Å². The minimum Gasteiger partial charge on any atom is -0.497 e. The molecule has 0 fully saturated rings. The maximum Gasteiger partial charge on any atom is 0.375 e. The smallest absolute Gasteiger partial charge is 0.375 e. The van der Waals surface area contributed by atoms with Crippen molar-refractivity contribution >= 4 is 22.8 Å². The van der Waals surface area contributed by atoms with E-state index in [1.165, 1.54) is 6.92 Å². The first kappa shape index (κ1) is 21.4. The lowest BCUT2D eigenvalue weighted by atomic mass is 10.1. The molecule has 1 heterocycles. The summed E-state index contributed by atoms with van der Waals surface area (Å²) in [4.78, 5) is 25.1. The fourth-order valence-corrected chi connectivity index (χ4v) is 2.95. The molecule has 2 aromatic carbocycles. The SMILES string of the molecule is CCOCc1c(C(=O)O[C@H](C)C(=O)NCc2ccc(OC)cc2)oc2ccccc12. The van der Waals surface area contributed by atoms with Gasteiger partial charge in [-0.2, -0.15) is 0 Å². The summed E-state index contributed by atoms with van der Waals surface area (Å²) < 4.78 is 21.6. The first-order chi connectivity index (χ1) is 14.5. The van der Waals surface area contributed by atoms with E-state index in [1.54, 1.807) is 13.2 Å². The Labute approximate surface area is 174 Å². The Hall–Kier alpha value is -3.32. The van der Waals surface area contributed by atoms with Crippen LogP contribution in [0.3, 0.4) is 0 Å². The molecule has 0 bridgehead atoms. The molecule has 0 saturated carbocycles. The maximum absolute atomic E-state index is 12.7. The Morgan fingerprint density at radius 3 is 2.53 bits per heavy atom. The van der Waals surface area contributed by atoms with Crippen molar-refractivity contribution in [2.75, 3.05) is 13.7 Å². The Morgan fingerprint density at radius 2 is 1.83 bits per heavy atom. The predicted molar refractivity (Wildman–Crippen MR) is 111 cm³/mol. The zero-order valence-corrected chi connectivity index (χ0v) is 17.3. The van der Waals surface area contributed by atoms with Gasteiger partial charge in [0.25, 0.3) is 5.91 Å². The topological polar surface area (TPSA) is 87.0 Å². The highest BCUT2D eigenvalue weighted by Crippen LogP contribution is 2.27. The van der Waals surface area contributed by atoms with Crippen molar-refractivity contribution in [3.8, 4) is 5.75 Å². The van der Waals surface area contributed by atoms with Gasteiger partial charge in [0.05, 0.1) is 13.7 Å². The van der Waals surface area contributed by atoms with Crippen molar-refractivity contribution in [1.29, 1.82) is 0 Å². The fraction of sp³-hybridized carbons (Fsp3) is 0.304. The Morgan fingerprint density at radius 1 is 1.10 bits per heavy atom. The average molecular weight is 411 g/mol. The molecule has 1 amide bonds. The molecule has 7 heteroatoms. The molecule has 0 spiro atoms. The fourth-order valence-electron chi connectivity index (χ4n) is 2.95. The molecule has 0 radical (unpaired) electrons. The Kier molecular flexibility index (Phi) is 7.08. The van der Waals surface area contributed by atoms with Gasteiger partial charge in [-0.1, -0.05) is 30.3 Å². The van der Waals surface area contributed by atoms with Crippen molar-refractivity contribution in [1.82, 2.24) is 5.32 Å². The lowest BCUT2D eigenvalue weighted by molar-refractivity contribution is -0.129. The van der Waals surface area contributed by atoms with Gasteiger partial charge in [0, 0.05) is 24.1 Å². The zero-order chi connectivity index (χ0) is 21.5. The summed E-state index contributed by atoms with van der Waals surface area (Å²) in [5.41, 5.74) is 2.08. The molecule has 0 aliphatic heterocycles. The van der Waals surface area contributed by atoms with Crippen LogP contribution in [0.25, 0.3) is 11.0 Å². The third-order valence-electron chi connectivity index (χ3n) is 4.61. The Balaban J connectivity index is 1.65. The number of hydrogen-bond acceptors (Lipinski definition) is 6. The maximum atomic E-state index is 12.7. The van der Waals surface area contributed by atoms with Crippen molar-refractivity contribution < 1.29 is 28.2 Å². The van der Waals surface area contributed by atoms with E-state index in [0.29, 0.717) is 24.3 Å². The van der Waals surface area contributed by atoms with Crippen LogP contribution >= 0.6 is 0 Å². The Bertz CT molecular complexity index is 1010. The van der Waals surface area contributed by atoms with Gasteiger partial charge in [0.15, 0.2) is 6.10 Å². The molecule has 0 aliphatic carbocycles. The highest BCUT2D eigenvalue weighted by atomic mass is 16.6. The lowest BCUT2D eigenvalue weighted by Crippen LogP contribution is -2.35. The van der Waals surface area contributed by atoms with Crippen molar-refractivity contribution in [2.24, 2.45) is 0 Å². The summed E-state index contributed by atoms with van der Waals surface area (Å²) in [6, 6.07) is 14.6. The van der Waals surface area contributed by atoms with Gasteiger partial charge in [-0.05, 0) is 37.6 Å². The van der Waals surface area contributed by atoms with Crippen LogP contribution in [0.2, 0.25) is 0 Å². The lowest BCUT2D eigenvalue weighted by Gasteiger charge is -2.13. The van der Waals surface area contributed by atoms with E-state index in [1.807, 2.05) is 49.4 Å². The van der Waals surface area contributed by atoms with Gasteiger partial charge in [0.2, 0.25) is 5.76 Å². The van der Waals surface area contributed by atoms with Gasteiger partial charge in [-0.25, -0.2) is 4.79 Å². The van der Waals surface area contributed by atoms with E-state index in [2.05, 4.69) is 5.32 Å². The molecule has 3 aromatic rings. The number of furan rings is 1. The number of para-hydroxylation sites is 1. The molecular formula is C23H25NO6. The van der Waals surface area contributed by atoms with Gasteiger partial charge in [-0.15, -0.1) is 0 Å². The number of fused-ring (bicyclic) bond motifs is 1. The molecule has 3 rings (SSSR count). The molecule has 0 saturated heterocycles. The van der Waals surface area contributed by atoms with E-state index in [9.17, 15) is 9.59 Å². The number of amides is 1. The summed E-state index contributed by atoms with van der Waals surface area (Å²) in [5, 5.41) is 3.54. The molecule has 0 unspecified atom stereocenters. The third-order valence-corrected chi connectivity index (χ3v) is 4.61. The van der Waals surface area contributed by atoms with Crippen LogP contribution in [0, 0.1) is 0 Å². The first-order valence-corrected chi connectivity index (χ1v) is 9.73. The van der Waals surface area contributed by atoms with Crippen LogP contribution in [0.5, 0.6) is 5.75 Å². The van der Waals surface area contributed by atoms with E-state index >= 15 is 0 Å². The summed E-state index contributed by atoms with van der Waals surface area (Å²) in [6.45, 7) is 4.42. The van der Waals surface area contributed by atoms with Crippen LogP contribution in [-0.2, 0) is 27.4 Å². The molecule has 1 aromatic heterocycles. The minimum absolute atomic E-state index is 0.0551. The number of esters is 1. The normalized spacial score (nSPS) is 11.8. The van der Waals surface area contributed by atoms with Crippen molar-refractivity contribution in [2.45, 2.75) is 33.1 Å². The number of carbonyl (C=O) groups excluding carboxylic acids is 2. The van der Waals surface area contributed by atoms with Gasteiger partial charge in [-0.3, -0.25) is 4.79 Å². The number of benzene rings is 2. The second kappa shape index (κ2) is 9.93. The molecule has 0 aliphatic rings. The standard InChI is InChI=1S/C23H25NO6/c1-4-28-14-19-18-7-5-6-8-20(18)30-21(19)23(26)29-15(2)22(25)24-13-16-9-11-17(27-3)12-10-16/h5-12,15H,4,13-14H2,1-3H3,(H,24,25)/t15-/m1/s1. The number of rotatable bonds is 9. The minimum atomic E-state index is -0.982. The van der Waals surface area contributed by atoms with Crippen LogP contribution in [0.1, 0.15) is 35.5 Å². The largest absolute Gasteiger partial charge is 0.497 e. The number of carbonyl (C=O) groups is 2. The predicted octanol–water partition coefficient (Wildman–Crippen LogP) is 3.84. The molecule has 7 nitrogen and oxygen atoms in total. The molecule has 158 valence electrons. The van der Waals surface area contributed by atoms with Crippen molar-refractivity contribution in [3.05, 3.63) is 65.4 Å². The second-order valence-electron chi connectivity index (χ2n) is 6.66. The number of hydrogen-bond donors (Lipinski definition) is 1. The molecular weight excluding hydrogens is 386 g/mol. The summed E-state index contributed by atoms with van der Waals surface area (Å²) >= 11 is 0.